The summed E-state index contributed by atoms with van der Waals surface area (Å²) in [6, 6.07) is 0. The van der Waals surface area contributed by atoms with Gasteiger partial charge in [-0.05, 0) is 104 Å². The van der Waals surface area contributed by atoms with Crippen LogP contribution in [0.15, 0.2) is 11.6 Å². The maximum Gasteiger partial charge on any atom is 0.505 e. The summed E-state index contributed by atoms with van der Waals surface area (Å²) < 4.78 is 4.22. The van der Waals surface area contributed by atoms with E-state index in [2.05, 4.69) is 45.4 Å². The average Bonchev–Trinajstić information content (AvgIpc) is 3.15. The fourth-order valence-corrected chi connectivity index (χ4v) is 8.90. The number of carbonyl (C=O) groups is 1. The lowest BCUT2D eigenvalue weighted by molar-refractivity contribution is -0.0573. The van der Waals surface area contributed by atoms with Gasteiger partial charge >= 0.3 is 6.16 Å². The zero-order valence-electron chi connectivity index (χ0n) is 24.4. The lowest BCUT2D eigenvalue weighted by Crippen LogP contribution is -2.50. The third-order valence-electron chi connectivity index (χ3n) is 10.8. The molecule has 1 unspecified atom stereocenters. The zero-order chi connectivity index (χ0) is 26.7. The Kier molecular flexibility index (Phi) is 10.0. The summed E-state index contributed by atoms with van der Waals surface area (Å²) in [6.45, 7) is 16.6. The van der Waals surface area contributed by atoms with Gasteiger partial charge in [0.05, 0.1) is 12.7 Å². The molecule has 8 atom stereocenters. The van der Waals surface area contributed by atoms with Gasteiger partial charge in [-0.1, -0.05) is 79.4 Å². The Morgan fingerprint density at radius 1 is 1.00 bits per heavy atom. The van der Waals surface area contributed by atoms with Gasteiger partial charge in [-0.25, -0.2) is 4.79 Å². The van der Waals surface area contributed by atoms with Gasteiger partial charge in [0.2, 0.25) is 0 Å². The molecule has 208 valence electrons. The molecule has 0 spiro atoms. The fourth-order valence-electron chi connectivity index (χ4n) is 8.90. The predicted octanol–water partition coefficient (Wildman–Crippen LogP) is 8.73. The lowest BCUT2D eigenvalue weighted by atomic mass is 9.47. The van der Waals surface area contributed by atoms with E-state index in [-0.39, 0.29) is 18.6 Å². The number of hydrogen-bond acceptors (Lipinski definition) is 3. The molecular weight excluding hydrogens is 448 g/mol. The van der Waals surface area contributed by atoms with E-state index < -0.39 is 6.16 Å². The van der Waals surface area contributed by atoms with Crippen LogP contribution in [-0.2, 0) is 4.74 Å². The summed E-state index contributed by atoms with van der Waals surface area (Å²) in [5, 5.41) is 18.1. The third-order valence-corrected chi connectivity index (χ3v) is 10.8. The van der Waals surface area contributed by atoms with Crippen LogP contribution in [0.1, 0.15) is 119 Å². The highest BCUT2D eigenvalue weighted by atomic mass is 16.7. The van der Waals surface area contributed by atoms with Crippen LogP contribution in [-0.4, -0.2) is 29.1 Å². The monoisotopic (exact) mass is 504 g/mol. The molecule has 0 aromatic heterocycles. The molecule has 3 saturated carbocycles. The van der Waals surface area contributed by atoms with E-state index in [0.29, 0.717) is 10.8 Å². The number of aliphatic hydroxyl groups is 1. The Morgan fingerprint density at radius 3 is 2.33 bits per heavy atom. The first-order valence-electron chi connectivity index (χ1n) is 15.1. The number of fused-ring (bicyclic) bond motifs is 5. The Balaban J connectivity index is 0.000000392. The molecule has 4 aliphatic carbocycles. The molecule has 4 heteroatoms. The van der Waals surface area contributed by atoms with Crippen molar-refractivity contribution in [3.05, 3.63) is 11.6 Å². The molecule has 0 heterocycles. The van der Waals surface area contributed by atoms with Crippen molar-refractivity contribution < 1.29 is 19.7 Å². The van der Waals surface area contributed by atoms with Crippen molar-refractivity contribution in [1.29, 1.82) is 0 Å². The van der Waals surface area contributed by atoms with Crippen molar-refractivity contribution in [2.45, 2.75) is 125 Å². The van der Waals surface area contributed by atoms with E-state index >= 15 is 0 Å². The SMILES string of the molecule is CC(C)CCCC(C)[C@H]1CC[C@H]2[C@@H]3CC=C4C[C@@H](O)CC[C@]4(C)[C@H]3CC[C@]12C.CC(C)COC(=O)O. The van der Waals surface area contributed by atoms with Crippen LogP contribution in [0.5, 0.6) is 0 Å². The minimum atomic E-state index is -1.20. The molecule has 0 aliphatic heterocycles. The van der Waals surface area contributed by atoms with E-state index in [0.717, 1.165) is 48.3 Å². The summed E-state index contributed by atoms with van der Waals surface area (Å²) >= 11 is 0. The van der Waals surface area contributed by atoms with Crippen molar-refractivity contribution in [3.63, 3.8) is 0 Å². The Labute approximate surface area is 221 Å². The highest BCUT2D eigenvalue weighted by molar-refractivity contribution is 5.56. The Morgan fingerprint density at radius 2 is 1.72 bits per heavy atom. The number of carboxylic acid groups (broad SMARTS) is 1. The molecule has 36 heavy (non-hydrogen) atoms. The second kappa shape index (κ2) is 12.2. The van der Waals surface area contributed by atoms with Crippen LogP contribution in [0.4, 0.5) is 4.79 Å². The summed E-state index contributed by atoms with van der Waals surface area (Å²) in [6.07, 6.45) is 16.0. The first kappa shape index (κ1) is 29.5. The summed E-state index contributed by atoms with van der Waals surface area (Å²) in [5.41, 5.74) is 2.60. The number of allylic oxidation sites excluding steroid dienone is 1. The molecule has 0 saturated heterocycles. The molecule has 0 aromatic rings. The van der Waals surface area contributed by atoms with E-state index in [1.165, 1.54) is 57.8 Å². The minimum absolute atomic E-state index is 0.0766. The minimum Gasteiger partial charge on any atom is -0.450 e. The van der Waals surface area contributed by atoms with Gasteiger partial charge in [0, 0.05) is 0 Å². The summed E-state index contributed by atoms with van der Waals surface area (Å²) in [7, 11) is 0. The summed E-state index contributed by atoms with van der Waals surface area (Å²) in [4.78, 5) is 9.68. The van der Waals surface area contributed by atoms with E-state index in [1.54, 1.807) is 5.57 Å². The molecule has 2 N–H and O–H groups in total. The largest absolute Gasteiger partial charge is 0.505 e. The summed E-state index contributed by atoms with van der Waals surface area (Å²) in [5.74, 6) is 5.74. The van der Waals surface area contributed by atoms with Gasteiger partial charge in [0.1, 0.15) is 0 Å². The van der Waals surface area contributed by atoms with Crippen molar-refractivity contribution in [3.8, 4) is 0 Å². The molecule has 0 amide bonds. The molecule has 0 bridgehead atoms. The van der Waals surface area contributed by atoms with Crippen LogP contribution < -0.4 is 0 Å². The van der Waals surface area contributed by atoms with Crippen LogP contribution in [0.3, 0.4) is 0 Å². The molecule has 0 aromatic carbocycles. The molecule has 4 aliphatic rings. The van der Waals surface area contributed by atoms with Gasteiger partial charge in [-0.3, -0.25) is 0 Å². The zero-order valence-corrected chi connectivity index (χ0v) is 24.4. The Bertz CT molecular complexity index is 757. The standard InChI is InChI=1S/C27H46O.C5H10O3/c1-18(2)7-6-8-19(3)23-11-12-24-22-10-9-20-17-21(28)13-15-26(20,4)25(22)14-16-27(23,24)5;1-4(2)3-8-5(6)7/h9,18-19,21-25,28H,6-8,10-17H2,1-5H3;4H,3H2,1-2H3,(H,6,7)/t19?,21-,22-,23+,24-,25-,26-,27+;/m0./s1. The molecule has 0 radical (unpaired) electrons. The normalized spacial score (nSPS) is 38.3. The first-order chi connectivity index (χ1) is 16.9. The smallest absolute Gasteiger partial charge is 0.450 e. The van der Waals surface area contributed by atoms with Gasteiger partial charge in [-0.2, -0.15) is 0 Å². The topological polar surface area (TPSA) is 66.8 Å². The van der Waals surface area contributed by atoms with Crippen molar-refractivity contribution >= 4 is 6.16 Å². The lowest BCUT2D eigenvalue weighted by Gasteiger charge is -2.58. The molecule has 4 nitrogen and oxygen atoms in total. The maximum absolute atomic E-state index is 10.2. The molecular formula is C32H56O4. The van der Waals surface area contributed by atoms with Gasteiger partial charge in [0.15, 0.2) is 0 Å². The van der Waals surface area contributed by atoms with E-state index in [1.807, 2.05) is 13.8 Å². The fraction of sp³-hybridized carbons (Fsp3) is 0.906. The van der Waals surface area contributed by atoms with E-state index in [4.69, 9.17) is 5.11 Å². The number of ether oxygens (including phenoxy) is 1. The average molecular weight is 505 g/mol. The number of aliphatic hydroxyl groups excluding tert-OH is 1. The maximum atomic E-state index is 10.2. The van der Waals surface area contributed by atoms with Gasteiger partial charge < -0.3 is 14.9 Å². The third kappa shape index (κ3) is 6.51. The Hall–Kier alpha value is -1.03. The second-order valence-electron chi connectivity index (χ2n) is 14.2. The molecule has 3 fully saturated rings. The predicted molar refractivity (Wildman–Crippen MR) is 148 cm³/mol. The van der Waals surface area contributed by atoms with Crippen LogP contribution in [0, 0.1) is 52.3 Å². The second-order valence-corrected chi connectivity index (χ2v) is 14.2. The number of hydrogen-bond donors (Lipinski definition) is 2. The van der Waals surface area contributed by atoms with Crippen LogP contribution >= 0.6 is 0 Å². The van der Waals surface area contributed by atoms with Crippen LogP contribution in [0.25, 0.3) is 0 Å². The van der Waals surface area contributed by atoms with E-state index in [9.17, 15) is 9.90 Å². The van der Waals surface area contributed by atoms with Crippen molar-refractivity contribution in [2.75, 3.05) is 6.61 Å². The van der Waals surface area contributed by atoms with Crippen molar-refractivity contribution in [2.24, 2.45) is 52.3 Å². The highest BCUT2D eigenvalue weighted by Crippen LogP contribution is 2.67. The van der Waals surface area contributed by atoms with Gasteiger partial charge in [0.25, 0.3) is 0 Å². The quantitative estimate of drug-likeness (QED) is 0.269. The van der Waals surface area contributed by atoms with Crippen molar-refractivity contribution in [1.82, 2.24) is 0 Å². The van der Waals surface area contributed by atoms with Crippen LogP contribution in [0.2, 0.25) is 0 Å². The first-order valence-corrected chi connectivity index (χ1v) is 15.1. The van der Waals surface area contributed by atoms with Gasteiger partial charge in [-0.15, -0.1) is 0 Å². The highest BCUT2D eigenvalue weighted by Gasteiger charge is 2.59. The number of rotatable bonds is 7. The molecule has 4 rings (SSSR count).